The second-order valence-electron chi connectivity index (χ2n) is 4.88. The smallest absolute Gasteiger partial charge is 0.130 e. The third-order valence-corrected chi connectivity index (χ3v) is 4.18. The van der Waals surface area contributed by atoms with E-state index in [1.54, 1.807) is 12.3 Å². The summed E-state index contributed by atoms with van der Waals surface area (Å²) in [5.74, 6) is 0. The maximum atomic E-state index is 6.19. The molecule has 1 unspecified atom stereocenters. The molecular formula is C13H19Cl2N3. The fourth-order valence-electron chi connectivity index (χ4n) is 2.39. The minimum Gasteiger partial charge on any atom is -0.301 e. The molecule has 0 N–H and O–H groups in total. The van der Waals surface area contributed by atoms with Gasteiger partial charge >= 0.3 is 0 Å². The highest BCUT2D eigenvalue weighted by molar-refractivity contribution is 6.34. The van der Waals surface area contributed by atoms with Gasteiger partial charge in [-0.1, -0.05) is 30.1 Å². The standard InChI is InChI=1S/C13H19Cl2N3/c1-3-11-9-18(5-4-17(11)2)8-10-7-16-13(15)6-12(10)14/h6-7,11H,3-5,8-9H2,1-2H3. The topological polar surface area (TPSA) is 19.4 Å². The molecule has 1 atom stereocenters. The van der Waals surface area contributed by atoms with Gasteiger partial charge in [-0.2, -0.15) is 0 Å². The Bertz CT molecular complexity index is 411. The van der Waals surface area contributed by atoms with E-state index >= 15 is 0 Å². The molecule has 1 saturated heterocycles. The van der Waals surface area contributed by atoms with E-state index in [4.69, 9.17) is 23.2 Å². The average Bonchev–Trinajstić information content (AvgIpc) is 2.35. The van der Waals surface area contributed by atoms with Crippen molar-refractivity contribution in [2.75, 3.05) is 26.7 Å². The zero-order chi connectivity index (χ0) is 13.1. The summed E-state index contributed by atoms with van der Waals surface area (Å²) in [6.45, 7) is 6.36. The molecule has 2 rings (SSSR count). The number of piperazine rings is 1. The second kappa shape index (κ2) is 6.20. The molecule has 0 aliphatic carbocycles. The molecule has 2 heterocycles. The Balaban J connectivity index is 2.01. The molecule has 0 amide bonds. The first-order chi connectivity index (χ1) is 8.60. The molecular weight excluding hydrogens is 269 g/mol. The number of nitrogens with zero attached hydrogens (tertiary/aromatic N) is 3. The predicted molar refractivity (Wildman–Crippen MR) is 76.2 cm³/mol. The van der Waals surface area contributed by atoms with Gasteiger partial charge in [-0.05, 0) is 19.5 Å². The molecule has 1 aliphatic rings. The van der Waals surface area contributed by atoms with Crippen molar-refractivity contribution >= 4 is 23.2 Å². The Morgan fingerprint density at radius 3 is 2.83 bits per heavy atom. The minimum atomic E-state index is 0.452. The van der Waals surface area contributed by atoms with Crippen LogP contribution in [0.3, 0.4) is 0 Å². The van der Waals surface area contributed by atoms with Crippen molar-refractivity contribution in [1.82, 2.24) is 14.8 Å². The number of pyridine rings is 1. The maximum absolute atomic E-state index is 6.19. The molecule has 0 bridgehead atoms. The van der Waals surface area contributed by atoms with Gasteiger partial charge in [-0.15, -0.1) is 0 Å². The van der Waals surface area contributed by atoms with Crippen LogP contribution in [0.1, 0.15) is 18.9 Å². The van der Waals surface area contributed by atoms with Gasteiger partial charge in [0.05, 0.1) is 0 Å². The summed E-state index contributed by atoms with van der Waals surface area (Å²) >= 11 is 12.0. The van der Waals surface area contributed by atoms with E-state index < -0.39 is 0 Å². The van der Waals surface area contributed by atoms with E-state index in [0.717, 1.165) is 31.7 Å². The maximum Gasteiger partial charge on any atom is 0.130 e. The van der Waals surface area contributed by atoms with E-state index in [1.807, 2.05) is 0 Å². The first kappa shape index (κ1) is 14.1. The molecule has 1 aromatic rings. The number of likely N-dealkylation sites (N-methyl/N-ethyl adjacent to an activating group) is 1. The van der Waals surface area contributed by atoms with E-state index in [0.29, 0.717) is 16.2 Å². The first-order valence-corrected chi connectivity index (χ1v) is 7.08. The van der Waals surface area contributed by atoms with Crippen molar-refractivity contribution in [3.05, 3.63) is 28.0 Å². The number of hydrogen-bond acceptors (Lipinski definition) is 3. The summed E-state index contributed by atoms with van der Waals surface area (Å²) < 4.78 is 0. The lowest BCUT2D eigenvalue weighted by Gasteiger charge is -2.39. The number of halogens is 2. The Morgan fingerprint density at radius 2 is 2.17 bits per heavy atom. The number of aromatic nitrogens is 1. The lowest BCUT2D eigenvalue weighted by Crippen LogP contribution is -2.50. The zero-order valence-electron chi connectivity index (χ0n) is 10.9. The highest BCUT2D eigenvalue weighted by atomic mass is 35.5. The molecule has 100 valence electrons. The summed E-state index contributed by atoms with van der Waals surface area (Å²) in [5.41, 5.74) is 1.06. The highest BCUT2D eigenvalue weighted by Gasteiger charge is 2.23. The van der Waals surface area contributed by atoms with Gasteiger partial charge < -0.3 is 4.90 Å². The highest BCUT2D eigenvalue weighted by Crippen LogP contribution is 2.21. The third kappa shape index (κ3) is 3.35. The van der Waals surface area contributed by atoms with Gasteiger partial charge in [0.1, 0.15) is 5.15 Å². The summed E-state index contributed by atoms with van der Waals surface area (Å²) in [6, 6.07) is 2.35. The molecule has 3 nitrogen and oxygen atoms in total. The number of hydrogen-bond donors (Lipinski definition) is 0. The summed E-state index contributed by atoms with van der Waals surface area (Å²) in [6.07, 6.45) is 2.96. The van der Waals surface area contributed by atoms with Gasteiger partial charge in [0.25, 0.3) is 0 Å². The second-order valence-corrected chi connectivity index (χ2v) is 5.67. The Morgan fingerprint density at radius 1 is 1.39 bits per heavy atom. The van der Waals surface area contributed by atoms with Gasteiger partial charge in [0, 0.05) is 49.0 Å². The number of rotatable bonds is 3. The van der Waals surface area contributed by atoms with Gasteiger partial charge in [0.15, 0.2) is 0 Å². The summed E-state index contributed by atoms with van der Waals surface area (Å²) in [5, 5.41) is 1.16. The zero-order valence-corrected chi connectivity index (χ0v) is 12.4. The van der Waals surface area contributed by atoms with Crippen LogP contribution >= 0.6 is 23.2 Å². The largest absolute Gasteiger partial charge is 0.301 e. The third-order valence-electron chi connectivity index (χ3n) is 3.62. The van der Waals surface area contributed by atoms with E-state index in [2.05, 4.69) is 28.8 Å². The van der Waals surface area contributed by atoms with Crippen LogP contribution in [0.15, 0.2) is 12.3 Å². The van der Waals surface area contributed by atoms with Gasteiger partial charge in [-0.25, -0.2) is 4.98 Å². The van der Waals surface area contributed by atoms with Crippen molar-refractivity contribution in [3.63, 3.8) is 0 Å². The molecule has 5 heteroatoms. The first-order valence-electron chi connectivity index (χ1n) is 6.32. The van der Waals surface area contributed by atoms with Crippen molar-refractivity contribution in [2.24, 2.45) is 0 Å². The van der Waals surface area contributed by atoms with Crippen molar-refractivity contribution in [1.29, 1.82) is 0 Å². The molecule has 18 heavy (non-hydrogen) atoms. The average molecular weight is 288 g/mol. The normalized spacial score (nSPS) is 22.3. The molecule has 1 aliphatic heterocycles. The molecule has 0 aromatic carbocycles. The van der Waals surface area contributed by atoms with Crippen LogP contribution in [0, 0.1) is 0 Å². The van der Waals surface area contributed by atoms with Gasteiger partial charge in [-0.3, -0.25) is 4.90 Å². The molecule has 0 saturated carbocycles. The molecule has 0 radical (unpaired) electrons. The van der Waals surface area contributed by atoms with Crippen molar-refractivity contribution < 1.29 is 0 Å². The Labute approximate surface area is 119 Å². The molecule has 1 aromatic heterocycles. The van der Waals surface area contributed by atoms with Crippen LogP contribution in [0.2, 0.25) is 10.2 Å². The fourth-order valence-corrected chi connectivity index (χ4v) is 2.81. The van der Waals surface area contributed by atoms with E-state index in [9.17, 15) is 0 Å². The summed E-state index contributed by atoms with van der Waals surface area (Å²) in [7, 11) is 2.20. The minimum absolute atomic E-state index is 0.452. The van der Waals surface area contributed by atoms with Crippen LogP contribution in [-0.4, -0.2) is 47.5 Å². The predicted octanol–water partition coefficient (Wildman–Crippen LogP) is 2.91. The molecule has 0 spiro atoms. The Hall–Kier alpha value is -0.350. The molecule has 1 fully saturated rings. The fraction of sp³-hybridized carbons (Fsp3) is 0.615. The monoisotopic (exact) mass is 287 g/mol. The van der Waals surface area contributed by atoms with Crippen LogP contribution in [0.5, 0.6) is 0 Å². The van der Waals surface area contributed by atoms with Crippen molar-refractivity contribution in [2.45, 2.75) is 25.9 Å². The quantitative estimate of drug-likeness (QED) is 0.797. The summed E-state index contributed by atoms with van der Waals surface area (Å²) in [4.78, 5) is 8.97. The Kier molecular flexibility index (Phi) is 4.84. The SMILES string of the molecule is CCC1CN(Cc2cnc(Cl)cc2Cl)CCN1C. The van der Waals surface area contributed by atoms with Crippen LogP contribution in [0.4, 0.5) is 0 Å². The van der Waals surface area contributed by atoms with Crippen LogP contribution in [0.25, 0.3) is 0 Å². The van der Waals surface area contributed by atoms with Crippen molar-refractivity contribution in [3.8, 4) is 0 Å². The van der Waals surface area contributed by atoms with E-state index in [-0.39, 0.29) is 0 Å². The van der Waals surface area contributed by atoms with Crippen LogP contribution in [-0.2, 0) is 6.54 Å². The lowest BCUT2D eigenvalue weighted by molar-refractivity contribution is 0.0883. The lowest BCUT2D eigenvalue weighted by atomic mass is 10.1. The van der Waals surface area contributed by atoms with Gasteiger partial charge in [0.2, 0.25) is 0 Å². The van der Waals surface area contributed by atoms with Crippen LogP contribution < -0.4 is 0 Å². The van der Waals surface area contributed by atoms with E-state index in [1.165, 1.54) is 6.42 Å².